The fourth-order valence-electron chi connectivity index (χ4n) is 4.25. The third-order valence-electron chi connectivity index (χ3n) is 5.77. The van der Waals surface area contributed by atoms with Crippen LogP contribution in [0.5, 0.6) is 17.2 Å². The van der Waals surface area contributed by atoms with Crippen molar-refractivity contribution in [2.45, 2.75) is 33.7 Å². The van der Waals surface area contributed by atoms with Crippen LogP contribution in [0.2, 0.25) is 0 Å². The highest BCUT2D eigenvalue weighted by Crippen LogP contribution is 2.35. The van der Waals surface area contributed by atoms with Crippen molar-refractivity contribution in [1.29, 1.82) is 0 Å². The van der Waals surface area contributed by atoms with E-state index in [1.54, 1.807) is 51.3 Å². The molecule has 2 aromatic carbocycles. The predicted molar refractivity (Wildman–Crippen MR) is 142 cm³/mol. The lowest BCUT2D eigenvalue weighted by atomic mass is 9.95. The third kappa shape index (κ3) is 5.26. The molecule has 0 radical (unpaired) electrons. The number of nitrogens with zero attached hydrogens (tertiary/aromatic N) is 2. The maximum atomic E-state index is 13.8. The maximum Gasteiger partial charge on any atom is 0.338 e. The Morgan fingerprint density at radius 3 is 2.53 bits per heavy atom. The Balaban J connectivity index is 1.92. The Morgan fingerprint density at radius 2 is 1.84 bits per heavy atom. The van der Waals surface area contributed by atoms with E-state index < -0.39 is 18.0 Å². The van der Waals surface area contributed by atoms with Gasteiger partial charge in [-0.05, 0) is 50.6 Å². The zero-order chi connectivity index (χ0) is 27.4. The Morgan fingerprint density at radius 1 is 1.08 bits per heavy atom. The van der Waals surface area contributed by atoms with Crippen molar-refractivity contribution in [3.63, 3.8) is 0 Å². The van der Waals surface area contributed by atoms with Crippen LogP contribution < -0.4 is 29.1 Å². The van der Waals surface area contributed by atoms with E-state index in [0.717, 1.165) is 0 Å². The molecule has 0 spiro atoms. The van der Waals surface area contributed by atoms with Crippen LogP contribution in [0, 0.1) is 0 Å². The van der Waals surface area contributed by atoms with E-state index in [1.165, 1.54) is 22.8 Å². The first kappa shape index (κ1) is 26.9. The number of allylic oxidation sites excluding steroid dienone is 1. The molecule has 4 rings (SSSR count). The molecule has 38 heavy (non-hydrogen) atoms. The van der Waals surface area contributed by atoms with Crippen LogP contribution in [0.15, 0.2) is 63.5 Å². The Hall–Kier alpha value is -4.18. The van der Waals surface area contributed by atoms with Crippen molar-refractivity contribution in [2.75, 3.05) is 20.3 Å². The second-order valence-electron chi connectivity index (χ2n) is 8.28. The van der Waals surface area contributed by atoms with Gasteiger partial charge in [0, 0.05) is 12.5 Å². The van der Waals surface area contributed by atoms with E-state index in [1.807, 2.05) is 25.1 Å². The van der Waals surface area contributed by atoms with Crippen LogP contribution >= 0.6 is 11.3 Å². The molecule has 1 aromatic heterocycles. The number of fused-ring (bicyclic) bond motifs is 1. The largest absolute Gasteiger partial charge is 0.496 e. The molecule has 3 aromatic rings. The maximum absolute atomic E-state index is 13.8. The molecular weight excluding hydrogens is 508 g/mol. The van der Waals surface area contributed by atoms with Gasteiger partial charge in [-0.2, -0.15) is 0 Å². The second-order valence-corrected chi connectivity index (χ2v) is 9.29. The number of hydrogen-bond donors (Lipinski definition) is 0. The highest BCUT2D eigenvalue weighted by Gasteiger charge is 2.34. The third-order valence-corrected chi connectivity index (χ3v) is 6.75. The van der Waals surface area contributed by atoms with Crippen LogP contribution in [0.3, 0.4) is 0 Å². The van der Waals surface area contributed by atoms with Gasteiger partial charge in [-0.1, -0.05) is 35.6 Å². The summed E-state index contributed by atoms with van der Waals surface area (Å²) in [5.74, 6) is 0.212. The van der Waals surface area contributed by atoms with E-state index in [0.29, 0.717) is 50.0 Å². The highest BCUT2D eigenvalue weighted by molar-refractivity contribution is 7.07. The molecular formula is C28H28N2O7S. The van der Waals surface area contributed by atoms with E-state index in [2.05, 4.69) is 4.99 Å². The molecule has 0 aliphatic carbocycles. The van der Waals surface area contributed by atoms with Crippen LogP contribution in [0.25, 0.3) is 6.08 Å². The number of thiazole rings is 1. The molecule has 0 amide bonds. The van der Waals surface area contributed by atoms with Crippen molar-refractivity contribution in [1.82, 2.24) is 4.57 Å². The van der Waals surface area contributed by atoms with Crippen molar-refractivity contribution < 1.29 is 28.5 Å². The fraction of sp³-hybridized carbons (Fsp3) is 0.286. The van der Waals surface area contributed by atoms with Crippen LogP contribution in [-0.4, -0.2) is 36.8 Å². The molecule has 0 saturated carbocycles. The van der Waals surface area contributed by atoms with E-state index in [9.17, 15) is 14.4 Å². The van der Waals surface area contributed by atoms with E-state index in [4.69, 9.17) is 18.9 Å². The first-order chi connectivity index (χ1) is 18.3. The number of ether oxygens (including phenoxy) is 4. The summed E-state index contributed by atoms with van der Waals surface area (Å²) in [7, 11) is 1.54. The molecule has 198 valence electrons. The number of methoxy groups -OCH3 is 1. The van der Waals surface area contributed by atoms with Gasteiger partial charge in [-0.25, -0.2) is 9.79 Å². The number of aromatic nitrogens is 1. The van der Waals surface area contributed by atoms with Gasteiger partial charge in [-0.15, -0.1) is 0 Å². The van der Waals surface area contributed by atoms with Crippen molar-refractivity contribution >= 4 is 29.4 Å². The lowest BCUT2D eigenvalue weighted by Gasteiger charge is -2.25. The zero-order valence-electron chi connectivity index (χ0n) is 21.8. The second kappa shape index (κ2) is 11.5. The van der Waals surface area contributed by atoms with Gasteiger partial charge in [0.2, 0.25) is 0 Å². The summed E-state index contributed by atoms with van der Waals surface area (Å²) in [6.45, 7) is 7.15. The minimum atomic E-state index is -0.783. The van der Waals surface area contributed by atoms with E-state index in [-0.39, 0.29) is 17.7 Å². The van der Waals surface area contributed by atoms with E-state index >= 15 is 0 Å². The molecule has 1 aliphatic rings. The van der Waals surface area contributed by atoms with Crippen LogP contribution in [-0.2, 0) is 14.3 Å². The number of carbonyl (C=O) groups excluding carboxylic acids is 2. The van der Waals surface area contributed by atoms with Crippen LogP contribution in [0.1, 0.15) is 44.9 Å². The molecule has 1 aliphatic heterocycles. The van der Waals surface area contributed by atoms with Crippen molar-refractivity contribution in [3.8, 4) is 17.2 Å². The Labute approximate surface area is 223 Å². The number of benzene rings is 2. The number of carbonyl (C=O) groups is 2. The summed E-state index contributed by atoms with van der Waals surface area (Å²) in [5.41, 5.74) is 1.74. The van der Waals surface area contributed by atoms with Crippen molar-refractivity contribution in [3.05, 3.63) is 84.5 Å². The summed E-state index contributed by atoms with van der Waals surface area (Å²) >= 11 is 1.21. The number of hydrogen-bond acceptors (Lipinski definition) is 9. The summed E-state index contributed by atoms with van der Waals surface area (Å²) in [5, 5.41) is 0. The minimum Gasteiger partial charge on any atom is -0.496 e. The summed E-state index contributed by atoms with van der Waals surface area (Å²) in [6.07, 6.45) is 1.71. The molecule has 0 bridgehead atoms. The Kier molecular flexibility index (Phi) is 8.11. The lowest BCUT2D eigenvalue weighted by molar-refractivity contribution is -0.139. The molecule has 0 N–H and O–H groups in total. The molecule has 10 heteroatoms. The number of rotatable bonds is 8. The average molecular weight is 537 g/mol. The fourth-order valence-corrected chi connectivity index (χ4v) is 5.30. The number of esters is 2. The van der Waals surface area contributed by atoms with Gasteiger partial charge in [0.05, 0.1) is 36.1 Å². The number of para-hydroxylation sites is 1. The normalized spacial score (nSPS) is 15.0. The van der Waals surface area contributed by atoms with Gasteiger partial charge >= 0.3 is 11.9 Å². The summed E-state index contributed by atoms with van der Waals surface area (Å²) < 4.78 is 23.7. The summed E-state index contributed by atoms with van der Waals surface area (Å²) in [6, 6.07) is 11.5. The van der Waals surface area contributed by atoms with Gasteiger partial charge in [0.1, 0.15) is 11.8 Å². The standard InChI is InChI=1S/C28H28N2O7S/c1-6-35-22-14-18(12-13-21(22)37-17(4)31)15-23-26(32)30-25(19-10-8-9-11-20(19)34-5)24(27(33)36-7-2)16(3)29-28(30)38-23/h8-15,25H,6-7H2,1-5H3/b23-15-/t25-/m0/s1. The van der Waals surface area contributed by atoms with Gasteiger partial charge < -0.3 is 18.9 Å². The van der Waals surface area contributed by atoms with Gasteiger partial charge in [-0.3, -0.25) is 14.2 Å². The van der Waals surface area contributed by atoms with Gasteiger partial charge in [0.15, 0.2) is 16.3 Å². The lowest BCUT2D eigenvalue weighted by Crippen LogP contribution is -2.40. The Bertz CT molecular complexity index is 1600. The van der Waals surface area contributed by atoms with Gasteiger partial charge in [0.25, 0.3) is 5.56 Å². The first-order valence-electron chi connectivity index (χ1n) is 12.1. The quantitative estimate of drug-likeness (QED) is 0.322. The monoisotopic (exact) mass is 536 g/mol. The molecule has 0 saturated heterocycles. The summed E-state index contributed by atoms with van der Waals surface area (Å²) in [4.78, 5) is 43.4. The average Bonchev–Trinajstić information content (AvgIpc) is 3.18. The topological polar surface area (TPSA) is 105 Å². The predicted octanol–water partition coefficient (Wildman–Crippen LogP) is 3.13. The first-order valence-corrected chi connectivity index (χ1v) is 12.9. The molecule has 9 nitrogen and oxygen atoms in total. The molecule has 0 unspecified atom stereocenters. The highest BCUT2D eigenvalue weighted by atomic mass is 32.1. The molecule has 2 heterocycles. The van der Waals surface area contributed by atoms with Crippen molar-refractivity contribution in [2.24, 2.45) is 4.99 Å². The minimum absolute atomic E-state index is 0.185. The zero-order valence-corrected chi connectivity index (χ0v) is 22.6. The molecule has 1 atom stereocenters. The SMILES string of the molecule is CCOC(=O)C1=C(C)N=c2s/c(=C\c3ccc(OC(C)=O)c(OCC)c3)c(=O)n2[C@H]1c1ccccc1OC. The smallest absolute Gasteiger partial charge is 0.338 e. The van der Waals surface area contributed by atoms with Crippen LogP contribution in [0.4, 0.5) is 0 Å². The molecule has 0 fully saturated rings.